The Morgan fingerprint density at radius 1 is 1.00 bits per heavy atom. The smallest absolute Gasteiger partial charge is 0.253 e. The average molecular weight is 529 g/mol. The van der Waals surface area contributed by atoms with Crippen molar-refractivity contribution in [3.05, 3.63) is 89.9 Å². The Kier molecular flexibility index (Phi) is 6.05. The van der Waals surface area contributed by atoms with Gasteiger partial charge in [-0.25, -0.2) is 0 Å². The van der Waals surface area contributed by atoms with Gasteiger partial charge in [-0.15, -0.1) is 22.0 Å². The van der Waals surface area contributed by atoms with E-state index in [1.54, 1.807) is 0 Å². The second-order valence-corrected chi connectivity index (χ2v) is 10.2. The van der Waals surface area contributed by atoms with Gasteiger partial charge in [0.15, 0.2) is 0 Å². The minimum atomic E-state index is -0.723. The summed E-state index contributed by atoms with van der Waals surface area (Å²) in [5, 5.41) is 12.2. The van der Waals surface area contributed by atoms with Crippen molar-refractivity contribution in [2.75, 3.05) is 5.75 Å². The molecule has 2 atom stereocenters. The van der Waals surface area contributed by atoms with E-state index in [4.69, 9.17) is 4.42 Å². The number of thiol groups is 1. The molecule has 10 heteroatoms. The number of hydrogen-bond acceptors (Lipinski definition) is 7. The number of thioether (sulfide) groups is 1. The van der Waals surface area contributed by atoms with Crippen molar-refractivity contribution in [1.82, 2.24) is 20.4 Å². The zero-order chi connectivity index (χ0) is 25.5. The quantitative estimate of drug-likeness (QED) is 0.290. The number of hydrogen-bond donors (Lipinski definition) is 2. The zero-order valence-electron chi connectivity index (χ0n) is 19.3. The van der Waals surface area contributed by atoms with E-state index in [1.165, 1.54) is 16.7 Å². The van der Waals surface area contributed by atoms with Gasteiger partial charge >= 0.3 is 0 Å². The molecule has 0 radical (unpaired) electrons. The predicted molar refractivity (Wildman–Crippen MR) is 143 cm³/mol. The molecule has 1 aromatic heterocycles. The molecule has 37 heavy (non-hydrogen) atoms. The molecule has 8 nitrogen and oxygen atoms in total. The van der Waals surface area contributed by atoms with Crippen LogP contribution in [0.25, 0.3) is 27.8 Å². The van der Waals surface area contributed by atoms with Gasteiger partial charge in [-0.05, 0) is 22.4 Å². The van der Waals surface area contributed by atoms with Crippen LogP contribution in [0.4, 0.5) is 0 Å². The third-order valence-corrected chi connectivity index (χ3v) is 7.89. The molecule has 0 unspecified atom stereocenters. The lowest BCUT2D eigenvalue weighted by molar-refractivity contribution is -0.146. The molecule has 1 fully saturated rings. The van der Waals surface area contributed by atoms with Crippen molar-refractivity contribution in [2.45, 2.75) is 17.8 Å². The minimum absolute atomic E-state index is 0.110. The summed E-state index contributed by atoms with van der Waals surface area (Å²) < 4.78 is 6.01. The summed E-state index contributed by atoms with van der Waals surface area (Å²) in [6.07, 6.45) is 0.167. The lowest BCUT2D eigenvalue weighted by Gasteiger charge is -2.49. The summed E-state index contributed by atoms with van der Waals surface area (Å²) >= 11 is 5.46. The molecule has 3 aromatic carbocycles. The monoisotopic (exact) mass is 528 g/mol. The number of nitrogens with zero attached hydrogens (tertiary/aromatic N) is 3. The predicted octanol–water partition coefficient (Wildman–Crippen LogP) is 3.70. The molecule has 2 aliphatic rings. The van der Waals surface area contributed by atoms with Crippen LogP contribution >= 0.6 is 24.4 Å². The molecule has 184 valence electrons. The fourth-order valence-corrected chi connectivity index (χ4v) is 6.23. The summed E-state index contributed by atoms with van der Waals surface area (Å²) in [5.74, 6) is 0.199. The number of β-lactam (4-membered cyclic amide) rings is 1. The maximum absolute atomic E-state index is 13.1. The van der Waals surface area contributed by atoms with Gasteiger partial charge in [0, 0.05) is 11.3 Å². The van der Waals surface area contributed by atoms with E-state index < -0.39 is 16.5 Å². The summed E-state index contributed by atoms with van der Waals surface area (Å²) in [6.45, 7) is 0. The molecule has 0 saturated carbocycles. The van der Waals surface area contributed by atoms with Crippen LogP contribution in [-0.2, 0) is 20.8 Å². The van der Waals surface area contributed by atoms with Crippen LogP contribution in [0.3, 0.4) is 0 Å². The number of rotatable bonds is 6. The first-order valence-electron chi connectivity index (χ1n) is 11.6. The molecular formula is C27H20N4O4S2. The SMILES string of the molecule is O=C(Cc1ccccc1)N[C@@H]1C(=O)N2C(C(=O)S)=C(c3nnc(-c4cccc5ccccc45)o3)CS[C@H]12. The van der Waals surface area contributed by atoms with Crippen LogP contribution in [0.1, 0.15) is 11.5 Å². The van der Waals surface area contributed by atoms with Gasteiger partial charge in [0.1, 0.15) is 17.1 Å². The van der Waals surface area contributed by atoms with Gasteiger partial charge in [-0.2, -0.15) is 0 Å². The lowest BCUT2D eigenvalue weighted by Crippen LogP contribution is -2.70. The van der Waals surface area contributed by atoms with E-state index in [1.807, 2.05) is 72.8 Å². The highest BCUT2D eigenvalue weighted by Gasteiger charge is 2.54. The first-order valence-corrected chi connectivity index (χ1v) is 13.1. The molecule has 3 heterocycles. The van der Waals surface area contributed by atoms with E-state index in [2.05, 4.69) is 28.1 Å². The van der Waals surface area contributed by atoms with Crippen LogP contribution in [0, 0.1) is 0 Å². The standard InChI is InChI=1S/C27H20N4O4S2/c32-20(13-15-7-2-1-3-8-15)28-21-25(33)31-22(27(34)36)19(14-37-26(21)31)24-30-29-23(35-24)18-12-6-10-16-9-4-5-11-17(16)18/h1-12,21,26H,13-14H2,(H,28,32)(H,34,36)/t21-,26-/m1/s1. The van der Waals surface area contributed by atoms with Gasteiger partial charge < -0.3 is 9.73 Å². The number of benzene rings is 3. The number of amides is 2. The zero-order valence-corrected chi connectivity index (χ0v) is 21.0. The minimum Gasteiger partial charge on any atom is -0.416 e. The topological polar surface area (TPSA) is 105 Å². The van der Waals surface area contributed by atoms with E-state index in [0.29, 0.717) is 17.2 Å². The molecular weight excluding hydrogens is 508 g/mol. The lowest BCUT2D eigenvalue weighted by atomic mass is 10.0. The average Bonchev–Trinajstić information content (AvgIpc) is 3.41. The number of carbonyl (C=O) groups is 3. The van der Waals surface area contributed by atoms with Crippen molar-refractivity contribution in [3.8, 4) is 11.5 Å². The van der Waals surface area contributed by atoms with Crippen LogP contribution < -0.4 is 5.32 Å². The maximum Gasteiger partial charge on any atom is 0.253 e. The highest BCUT2D eigenvalue weighted by Crippen LogP contribution is 2.44. The Bertz CT molecular complexity index is 1580. The molecule has 2 amide bonds. The van der Waals surface area contributed by atoms with Crippen molar-refractivity contribution in [2.24, 2.45) is 0 Å². The maximum atomic E-state index is 13.1. The Balaban J connectivity index is 1.26. The van der Waals surface area contributed by atoms with E-state index in [9.17, 15) is 14.4 Å². The fraction of sp³-hybridized carbons (Fsp3) is 0.148. The van der Waals surface area contributed by atoms with Crippen molar-refractivity contribution in [3.63, 3.8) is 0 Å². The Morgan fingerprint density at radius 3 is 2.54 bits per heavy atom. The highest BCUT2D eigenvalue weighted by atomic mass is 32.2. The molecule has 0 spiro atoms. The molecule has 0 bridgehead atoms. The van der Waals surface area contributed by atoms with Crippen LogP contribution in [0.5, 0.6) is 0 Å². The number of fused-ring (bicyclic) bond motifs is 2. The van der Waals surface area contributed by atoms with Crippen LogP contribution in [-0.4, -0.2) is 49.2 Å². The Labute approximate surface area is 221 Å². The van der Waals surface area contributed by atoms with Crippen molar-refractivity contribution >= 4 is 57.7 Å². The number of carbonyl (C=O) groups excluding carboxylic acids is 3. The van der Waals surface area contributed by atoms with E-state index >= 15 is 0 Å². The van der Waals surface area contributed by atoms with Crippen molar-refractivity contribution < 1.29 is 18.8 Å². The van der Waals surface area contributed by atoms with Gasteiger partial charge in [0.2, 0.25) is 22.8 Å². The van der Waals surface area contributed by atoms with Gasteiger partial charge in [-0.1, -0.05) is 79.4 Å². The summed E-state index contributed by atoms with van der Waals surface area (Å²) in [5.41, 5.74) is 2.19. The largest absolute Gasteiger partial charge is 0.416 e. The van der Waals surface area contributed by atoms with Gasteiger partial charge in [0.25, 0.3) is 5.91 Å². The molecule has 6 rings (SSSR count). The third-order valence-electron chi connectivity index (χ3n) is 6.40. The van der Waals surface area contributed by atoms with Crippen LogP contribution in [0.15, 0.2) is 82.9 Å². The fourth-order valence-electron chi connectivity index (χ4n) is 4.65. The van der Waals surface area contributed by atoms with E-state index in [0.717, 1.165) is 21.9 Å². The van der Waals surface area contributed by atoms with E-state index in [-0.39, 0.29) is 29.8 Å². The van der Waals surface area contributed by atoms with Crippen LogP contribution in [0.2, 0.25) is 0 Å². The first kappa shape index (κ1) is 23.5. The Morgan fingerprint density at radius 2 is 1.73 bits per heavy atom. The molecule has 4 aromatic rings. The highest BCUT2D eigenvalue weighted by molar-refractivity contribution is 8.00. The van der Waals surface area contributed by atoms with Gasteiger partial charge in [-0.3, -0.25) is 19.3 Å². The molecule has 2 aliphatic heterocycles. The molecule has 1 N–H and O–H groups in total. The van der Waals surface area contributed by atoms with Gasteiger partial charge in [0.05, 0.1) is 12.0 Å². The third kappa shape index (κ3) is 4.21. The number of nitrogens with one attached hydrogen (secondary N) is 1. The molecule has 0 aliphatic carbocycles. The first-order chi connectivity index (χ1) is 18.0. The molecule has 1 saturated heterocycles. The Hall–Kier alpha value is -3.89. The normalized spacial score (nSPS) is 18.9. The summed E-state index contributed by atoms with van der Waals surface area (Å²) in [6, 6.07) is 22.2. The van der Waals surface area contributed by atoms with Crippen molar-refractivity contribution in [1.29, 1.82) is 0 Å². The second-order valence-electron chi connectivity index (χ2n) is 8.69. The summed E-state index contributed by atoms with van der Waals surface area (Å²) in [7, 11) is 0. The number of aromatic nitrogens is 2. The summed E-state index contributed by atoms with van der Waals surface area (Å²) in [4.78, 5) is 39.5. The second kappa shape index (κ2) is 9.53.